The van der Waals surface area contributed by atoms with Gasteiger partial charge >= 0.3 is 0 Å². The van der Waals surface area contributed by atoms with Crippen molar-refractivity contribution in [1.29, 1.82) is 5.41 Å². The van der Waals surface area contributed by atoms with Crippen LogP contribution in [0.1, 0.15) is 30.0 Å². The zero-order valence-corrected chi connectivity index (χ0v) is 17.3. The molecule has 0 aliphatic rings. The number of carbonyl (C=O) groups is 2. The summed E-state index contributed by atoms with van der Waals surface area (Å²) < 4.78 is 5.19. The van der Waals surface area contributed by atoms with Gasteiger partial charge in [-0.05, 0) is 43.0 Å². The van der Waals surface area contributed by atoms with E-state index >= 15 is 0 Å². The molecule has 0 heterocycles. The number of amides is 2. The minimum absolute atomic E-state index is 0.00957. The summed E-state index contributed by atoms with van der Waals surface area (Å²) in [5, 5.41) is 12.8. The largest absolute Gasteiger partial charge is 0.497 e. The molecular weight excluding hydrogens is 382 g/mol. The van der Waals surface area contributed by atoms with Gasteiger partial charge in [0.05, 0.1) is 13.2 Å². The molecule has 0 saturated heterocycles. The van der Waals surface area contributed by atoms with Crippen LogP contribution in [0.2, 0.25) is 0 Å². The molecule has 2 aromatic carbocycles. The fourth-order valence-electron chi connectivity index (χ4n) is 2.81. The van der Waals surface area contributed by atoms with Gasteiger partial charge in [-0.25, -0.2) is 0 Å². The van der Waals surface area contributed by atoms with Gasteiger partial charge in [0, 0.05) is 12.1 Å². The Balaban J connectivity index is 1.77. The average Bonchev–Trinajstić information content (AvgIpc) is 2.75. The molecule has 0 bridgehead atoms. The van der Waals surface area contributed by atoms with Crippen molar-refractivity contribution in [2.45, 2.75) is 38.4 Å². The second kappa shape index (κ2) is 11.0. The third-order valence-electron chi connectivity index (χ3n) is 4.70. The lowest BCUT2D eigenvalue weighted by Gasteiger charge is -2.17. The summed E-state index contributed by atoms with van der Waals surface area (Å²) in [5.41, 5.74) is 13.9. The molecule has 2 atom stereocenters. The minimum Gasteiger partial charge on any atom is -0.497 e. The van der Waals surface area contributed by atoms with Crippen molar-refractivity contribution in [3.63, 3.8) is 0 Å². The topological polar surface area (TPSA) is 143 Å². The van der Waals surface area contributed by atoms with E-state index in [4.69, 9.17) is 21.6 Å². The van der Waals surface area contributed by atoms with Crippen molar-refractivity contribution in [3.05, 3.63) is 65.2 Å². The molecule has 0 unspecified atom stereocenters. The predicted octanol–water partition coefficient (Wildman–Crippen LogP) is 1.06. The van der Waals surface area contributed by atoms with Crippen LogP contribution >= 0.6 is 0 Å². The monoisotopic (exact) mass is 411 g/mol. The summed E-state index contributed by atoms with van der Waals surface area (Å²) >= 11 is 0. The maximum atomic E-state index is 12.3. The minimum atomic E-state index is -0.717. The molecule has 2 aromatic rings. The highest BCUT2D eigenvalue weighted by atomic mass is 16.5. The summed E-state index contributed by atoms with van der Waals surface area (Å²) in [4.78, 5) is 24.6. The average molecular weight is 412 g/mol. The highest BCUT2D eigenvalue weighted by molar-refractivity contribution is 5.94. The van der Waals surface area contributed by atoms with Crippen molar-refractivity contribution in [2.75, 3.05) is 7.11 Å². The van der Waals surface area contributed by atoms with Crippen LogP contribution in [0.4, 0.5) is 0 Å². The van der Waals surface area contributed by atoms with Gasteiger partial charge < -0.3 is 26.8 Å². The van der Waals surface area contributed by atoms with Crippen LogP contribution in [0.15, 0.2) is 48.5 Å². The highest BCUT2D eigenvalue weighted by Gasteiger charge is 2.20. The van der Waals surface area contributed by atoms with Gasteiger partial charge in [-0.3, -0.25) is 15.0 Å². The SMILES string of the molecule is COc1cccc(CC[C@@H](N)C(=O)N[C@@H](C)C(=O)NCc2ccc(C(=N)N)cc2)c1. The Kier molecular flexibility index (Phi) is 8.37. The third-order valence-corrected chi connectivity index (χ3v) is 4.70. The molecule has 8 heteroatoms. The van der Waals surface area contributed by atoms with Crippen LogP contribution in [0.3, 0.4) is 0 Å². The first-order valence-corrected chi connectivity index (χ1v) is 9.70. The summed E-state index contributed by atoms with van der Waals surface area (Å²) in [6, 6.07) is 13.2. The van der Waals surface area contributed by atoms with E-state index in [1.54, 1.807) is 38.3 Å². The van der Waals surface area contributed by atoms with Gasteiger partial charge in [-0.1, -0.05) is 36.4 Å². The number of rotatable bonds is 10. The van der Waals surface area contributed by atoms with E-state index in [-0.39, 0.29) is 17.6 Å². The lowest BCUT2D eigenvalue weighted by atomic mass is 10.0. The quantitative estimate of drug-likeness (QED) is 0.293. The van der Waals surface area contributed by atoms with Crippen molar-refractivity contribution in [2.24, 2.45) is 11.5 Å². The van der Waals surface area contributed by atoms with E-state index in [1.165, 1.54) is 0 Å². The molecular formula is C22H29N5O3. The Morgan fingerprint density at radius 1 is 1.10 bits per heavy atom. The molecule has 2 amide bonds. The molecule has 0 aromatic heterocycles. The molecule has 0 spiro atoms. The van der Waals surface area contributed by atoms with Crippen molar-refractivity contribution < 1.29 is 14.3 Å². The normalized spacial score (nSPS) is 12.5. The summed E-state index contributed by atoms with van der Waals surface area (Å²) in [7, 11) is 1.60. The number of nitrogens with one attached hydrogen (secondary N) is 3. The van der Waals surface area contributed by atoms with Crippen molar-refractivity contribution in [1.82, 2.24) is 10.6 Å². The lowest BCUT2D eigenvalue weighted by molar-refractivity contribution is -0.129. The number of nitrogens with two attached hydrogens (primary N) is 2. The van der Waals surface area contributed by atoms with E-state index in [2.05, 4.69) is 10.6 Å². The van der Waals surface area contributed by atoms with Gasteiger partial charge in [-0.2, -0.15) is 0 Å². The van der Waals surface area contributed by atoms with Crippen LogP contribution in [0, 0.1) is 5.41 Å². The summed E-state index contributed by atoms with van der Waals surface area (Å²) in [6.45, 7) is 1.92. The zero-order valence-electron chi connectivity index (χ0n) is 17.3. The molecule has 0 aliphatic carbocycles. The first-order valence-electron chi connectivity index (χ1n) is 9.70. The standard InChI is InChI=1S/C22H29N5O3/c1-14(21(28)26-13-16-6-9-17(10-7-16)20(24)25)27-22(29)19(23)11-8-15-4-3-5-18(12-15)30-2/h3-7,9-10,12,14,19H,8,11,13,23H2,1-2H3,(H3,24,25)(H,26,28)(H,27,29)/t14-,19+/m0/s1. The van der Waals surface area contributed by atoms with Gasteiger partial charge in [0.1, 0.15) is 17.6 Å². The zero-order chi connectivity index (χ0) is 22.1. The molecule has 8 nitrogen and oxygen atoms in total. The van der Waals surface area contributed by atoms with E-state index in [0.717, 1.165) is 16.9 Å². The summed E-state index contributed by atoms with van der Waals surface area (Å²) in [5.74, 6) is 0.0711. The van der Waals surface area contributed by atoms with E-state index in [0.29, 0.717) is 24.9 Å². The Bertz CT molecular complexity index is 883. The van der Waals surface area contributed by atoms with E-state index in [1.807, 2.05) is 24.3 Å². The molecule has 0 saturated carbocycles. The molecule has 160 valence electrons. The number of nitrogen functional groups attached to an aromatic ring is 1. The first kappa shape index (κ1) is 22.9. The molecule has 0 radical (unpaired) electrons. The fraction of sp³-hybridized carbons (Fsp3) is 0.318. The number of amidine groups is 1. The Hall–Kier alpha value is -3.39. The molecule has 0 aliphatic heterocycles. The molecule has 7 N–H and O–H groups in total. The smallest absolute Gasteiger partial charge is 0.242 e. The first-order chi connectivity index (χ1) is 14.3. The second-order valence-electron chi connectivity index (χ2n) is 7.06. The van der Waals surface area contributed by atoms with Crippen molar-refractivity contribution in [3.8, 4) is 5.75 Å². The lowest BCUT2D eigenvalue weighted by Crippen LogP contribution is -2.50. The van der Waals surface area contributed by atoms with E-state index in [9.17, 15) is 9.59 Å². The maximum Gasteiger partial charge on any atom is 0.242 e. The van der Waals surface area contributed by atoms with Crippen LogP contribution in [-0.2, 0) is 22.6 Å². The number of ether oxygens (including phenoxy) is 1. The number of hydrogen-bond acceptors (Lipinski definition) is 5. The molecule has 0 fully saturated rings. The van der Waals surface area contributed by atoms with Crippen LogP contribution in [-0.4, -0.2) is 36.8 Å². The second-order valence-corrected chi connectivity index (χ2v) is 7.06. The highest BCUT2D eigenvalue weighted by Crippen LogP contribution is 2.14. The van der Waals surface area contributed by atoms with Crippen LogP contribution in [0.25, 0.3) is 0 Å². The Labute approximate surface area is 176 Å². The van der Waals surface area contributed by atoms with E-state index < -0.39 is 12.1 Å². The molecule has 30 heavy (non-hydrogen) atoms. The molecule has 2 rings (SSSR count). The Morgan fingerprint density at radius 3 is 2.43 bits per heavy atom. The van der Waals surface area contributed by atoms with Gasteiger partial charge in [0.25, 0.3) is 0 Å². The Morgan fingerprint density at radius 2 is 1.80 bits per heavy atom. The number of hydrogen-bond donors (Lipinski definition) is 5. The fourth-order valence-corrected chi connectivity index (χ4v) is 2.81. The predicted molar refractivity (Wildman–Crippen MR) is 116 cm³/mol. The number of carbonyl (C=O) groups excluding carboxylic acids is 2. The maximum absolute atomic E-state index is 12.3. The summed E-state index contributed by atoms with van der Waals surface area (Å²) in [6.07, 6.45) is 1.08. The van der Waals surface area contributed by atoms with Crippen LogP contribution in [0.5, 0.6) is 5.75 Å². The number of aryl methyl sites for hydroxylation is 1. The van der Waals surface area contributed by atoms with Gasteiger partial charge in [0.2, 0.25) is 11.8 Å². The van der Waals surface area contributed by atoms with Crippen molar-refractivity contribution >= 4 is 17.6 Å². The van der Waals surface area contributed by atoms with Gasteiger partial charge in [0.15, 0.2) is 0 Å². The van der Waals surface area contributed by atoms with Crippen LogP contribution < -0.4 is 26.8 Å². The van der Waals surface area contributed by atoms with Gasteiger partial charge in [-0.15, -0.1) is 0 Å². The number of methoxy groups -OCH3 is 1. The number of benzene rings is 2. The third kappa shape index (κ3) is 6.89.